The van der Waals surface area contributed by atoms with E-state index >= 15 is 0 Å². The number of sulfonamides is 1. The minimum absolute atomic E-state index is 0.0211. The molecule has 0 saturated heterocycles. The fourth-order valence-electron chi connectivity index (χ4n) is 2.68. The minimum Gasteiger partial charge on any atom is -0.468 e. The van der Waals surface area contributed by atoms with Crippen LogP contribution in [0.15, 0.2) is 70.2 Å². The van der Waals surface area contributed by atoms with Crippen molar-refractivity contribution in [3.8, 4) is 5.75 Å². The first-order valence-electron chi connectivity index (χ1n) is 9.09. The molecule has 11 heteroatoms. The van der Waals surface area contributed by atoms with Crippen LogP contribution in [0.1, 0.15) is 18.2 Å². The van der Waals surface area contributed by atoms with Gasteiger partial charge in [0.15, 0.2) is 0 Å². The Hall–Kier alpha value is -2.04. The van der Waals surface area contributed by atoms with Crippen LogP contribution in [0.3, 0.4) is 0 Å². The lowest BCUT2D eigenvalue weighted by atomic mass is 10.2. The summed E-state index contributed by atoms with van der Waals surface area (Å²) in [5.41, 5.74) is 0.606. The second kappa shape index (κ2) is 9.62. The monoisotopic (exact) mass is 503 g/mol. The van der Waals surface area contributed by atoms with Crippen molar-refractivity contribution < 1.29 is 25.4 Å². The fraction of sp³-hybridized carbons (Fsp3) is 0.200. The van der Waals surface area contributed by atoms with Crippen molar-refractivity contribution in [2.75, 3.05) is 5.75 Å². The van der Waals surface area contributed by atoms with Gasteiger partial charge in [0, 0.05) is 11.6 Å². The summed E-state index contributed by atoms with van der Waals surface area (Å²) in [4.78, 5) is -0.123. The molecule has 2 aromatic carbocycles. The number of furan rings is 1. The predicted molar refractivity (Wildman–Crippen MR) is 118 cm³/mol. The Labute approximate surface area is 191 Å². The highest BCUT2D eigenvalue weighted by Crippen LogP contribution is 2.30. The van der Waals surface area contributed by atoms with Crippen molar-refractivity contribution in [2.24, 2.45) is 0 Å². The molecule has 0 aliphatic rings. The van der Waals surface area contributed by atoms with E-state index in [1.165, 1.54) is 47.8 Å². The maximum absolute atomic E-state index is 13.4. The van der Waals surface area contributed by atoms with E-state index in [1.54, 1.807) is 24.3 Å². The first-order chi connectivity index (χ1) is 14.6. The highest BCUT2D eigenvalue weighted by atomic mass is 35.5. The number of hydrogen-bond donors (Lipinski definition) is 0. The third kappa shape index (κ3) is 6.02. The first kappa shape index (κ1) is 23.6. The van der Waals surface area contributed by atoms with Crippen molar-refractivity contribution in [1.29, 1.82) is 0 Å². The predicted octanol–water partition coefficient (Wildman–Crippen LogP) is 4.71. The maximum Gasteiger partial charge on any atom is 0.308 e. The molecule has 0 unspecified atom stereocenters. The van der Waals surface area contributed by atoms with Gasteiger partial charge in [-0.3, -0.25) is 0 Å². The fourth-order valence-corrected chi connectivity index (χ4v) is 5.33. The average Bonchev–Trinajstić information content (AvgIpc) is 3.23. The number of rotatable bonds is 9. The van der Waals surface area contributed by atoms with Gasteiger partial charge >= 0.3 is 10.1 Å². The van der Waals surface area contributed by atoms with E-state index in [0.717, 1.165) is 0 Å². The molecule has 0 amide bonds. The van der Waals surface area contributed by atoms with Crippen LogP contribution in [-0.2, 0) is 33.2 Å². The highest BCUT2D eigenvalue weighted by molar-refractivity contribution is 7.89. The van der Waals surface area contributed by atoms with Crippen LogP contribution in [0.4, 0.5) is 0 Å². The summed E-state index contributed by atoms with van der Waals surface area (Å²) in [5.74, 6) is 0.421. The maximum atomic E-state index is 13.4. The Kier molecular flexibility index (Phi) is 7.33. The quantitative estimate of drug-likeness (QED) is 0.392. The average molecular weight is 504 g/mol. The third-order valence-corrected chi connectivity index (χ3v) is 7.94. The summed E-state index contributed by atoms with van der Waals surface area (Å²) in [6.07, 6.45) is 1.45. The summed E-state index contributed by atoms with van der Waals surface area (Å²) in [6.45, 7) is 1.41. The molecule has 0 atom stereocenters. The van der Waals surface area contributed by atoms with Gasteiger partial charge in [0.05, 0.1) is 23.6 Å². The van der Waals surface area contributed by atoms with Crippen LogP contribution in [0.25, 0.3) is 0 Å². The van der Waals surface area contributed by atoms with Crippen LogP contribution < -0.4 is 4.18 Å². The van der Waals surface area contributed by atoms with E-state index in [0.29, 0.717) is 11.3 Å². The molecule has 0 aliphatic carbocycles. The second-order valence-electron chi connectivity index (χ2n) is 6.50. The van der Waals surface area contributed by atoms with Crippen LogP contribution >= 0.6 is 23.2 Å². The van der Waals surface area contributed by atoms with Crippen LogP contribution in [0, 0.1) is 0 Å². The molecule has 1 heterocycles. The first-order valence-corrected chi connectivity index (χ1v) is 12.9. The smallest absolute Gasteiger partial charge is 0.308 e. The molecule has 0 aliphatic heterocycles. The van der Waals surface area contributed by atoms with Crippen LogP contribution in [0.2, 0.25) is 10.0 Å². The van der Waals surface area contributed by atoms with Crippen molar-refractivity contribution >= 4 is 43.3 Å². The van der Waals surface area contributed by atoms with Gasteiger partial charge < -0.3 is 8.60 Å². The lowest BCUT2D eigenvalue weighted by Gasteiger charge is -2.22. The molecule has 1 aromatic heterocycles. The third-order valence-electron chi connectivity index (χ3n) is 4.28. The number of nitrogens with zero attached hydrogens (tertiary/aromatic N) is 1. The molecule has 166 valence electrons. The summed E-state index contributed by atoms with van der Waals surface area (Å²) in [7, 11) is -7.70. The van der Waals surface area contributed by atoms with Gasteiger partial charge in [-0.1, -0.05) is 35.3 Å². The molecule has 3 aromatic rings. The summed E-state index contributed by atoms with van der Waals surface area (Å²) in [5, 5.41) is 0.280. The van der Waals surface area contributed by atoms with Gasteiger partial charge in [-0.2, -0.15) is 12.7 Å². The Bertz CT molecular complexity index is 1240. The second-order valence-corrected chi connectivity index (χ2v) is 11.1. The Morgan fingerprint density at radius 1 is 0.968 bits per heavy atom. The van der Waals surface area contributed by atoms with Gasteiger partial charge in [0.2, 0.25) is 10.0 Å². The van der Waals surface area contributed by atoms with E-state index in [2.05, 4.69) is 0 Å². The minimum atomic E-state index is -4.04. The van der Waals surface area contributed by atoms with E-state index in [9.17, 15) is 16.8 Å². The van der Waals surface area contributed by atoms with Crippen LogP contribution in [-0.4, -0.2) is 26.9 Å². The van der Waals surface area contributed by atoms with E-state index in [4.69, 9.17) is 31.8 Å². The number of hydrogen-bond acceptors (Lipinski definition) is 6. The van der Waals surface area contributed by atoms with Crippen molar-refractivity contribution in [2.45, 2.75) is 24.9 Å². The number of halogens is 2. The topological polar surface area (TPSA) is 93.9 Å². The standard InChI is InChI=1S/C20H19Cl2NO6S2/c1-2-30(24,25)29-17-8-5-15(6-9-17)13-23(14-18-4-3-11-28-18)31(26,27)20-12-16(21)7-10-19(20)22/h3-12H,2,13-14H2,1H3. The molecule has 0 radical (unpaired) electrons. The van der Waals surface area contributed by atoms with E-state index in [-0.39, 0.29) is 39.5 Å². The van der Waals surface area contributed by atoms with Gasteiger partial charge in [-0.15, -0.1) is 0 Å². The van der Waals surface area contributed by atoms with E-state index < -0.39 is 20.1 Å². The molecule has 3 rings (SSSR count). The Balaban J connectivity index is 1.92. The van der Waals surface area contributed by atoms with Crippen molar-refractivity contribution in [1.82, 2.24) is 4.31 Å². The Morgan fingerprint density at radius 3 is 2.29 bits per heavy atom. The molecule has 0 saturated carbocycles. The van der Waals surface area contributed by atoms with E-state index in [1.807, 2.05) is 0 Å². The normalized spacial score (nSPS) is 12.3. The molecule has 7 nitrogen and oxygen atoms in total. The summed E-state index contributed by atoms with van der Waals surface area (Å²) >= 11 is 12.1. The zero-order chi connectivity index (χ0) is 22.6. The Morgan fingerprint density at radius 2 is 1.68 bits per heavy atom. The molecule has 0 N–H and O–H groups in total. The lowest BCUT2D eigenvalue weighted by molar-refractivity contribution is 0.358. The highest BCUT2D eigenvalue weighted by Gasteiger charge is 2.28. The summed E-state index contributed by atoms with van der Waals surface area (Å²) in [6, 6.07) is 13.6. The molecule has 0 bridgehead atoms. The van der Waals surface area contributed by atoms with Gasteiger partial charge in [-0.25, -0.2) is 8.42 Å². The lowest BCUT2D eigenvalue weighted by Crippen LogP contribution is -2.30. The molecule has 0 fully saturated rings. The zero-order valence-electron chi connectivity index (χ0n) is 16.4. The van der Waals surface area contributed by atoms with Gasteiger partial charge in [-0.05, 0) is 55.0 Å². The largest absolute Gasteiger partial charge is 0.468 e. The van der Waals surface area contributed by atoms with Crippen molar-refractivity contribution in [3.63, 3.8) is 0 Å². The van der Waals surface area contributed by atoms with Gasteiger partial charge in [0.1, 0.15) is 16.4 Å². The molecular formula is C20H19Cl2NO6S2. The molecular weight excluding hydrogens is 485 g/mol. The molecule has 0 spiro atoms. The SMILES string of the molecule is CCS(=O)(=O)Oc1ccc(CN(Cc2ccco2)S(=O)(=O)c2cc(Cl)ccc2Cl)cc1. The van der Waals surface area contributed by atoms with Gasteiger partial charge in [0.25, 0.3) is 0 Å². The zero-order valence-corrected chi connectivity index (χ0v) is 19.5. The summed E-state index contributed by atoms with van der Waals surface area (Å²) < 4.78 is 61.4. The van der Waals surface area contributed by atoms with Crippen molar-refractivity contribution in [3.05, 3.63) is 82.2 Å². The van der Waals surface area contributed by atoms with Crippen LogP contribution in [0.5, 0.6) is 5.75 Å². The molecule has 31 heavy (non-hydrogen) atoms. The number of benzene rings is 2.